The van der Waals surface area contributed by atoms with Crippen molar-refractivity contribution in [1.82, 2.24) is 15.0 Å². The molecule has 0 amide bonds. The van der Waals surface area contributed by atoms with Crippen LogP contribution in [0.2, 0.25) is 0 Å². The number of H-pyrrole nitrogens is 1. The summed E-state index contributed by atoms with van der Waals surface area (Å²) < 4.78 is 0. The molecule has 0 saturated heterocycles. The molecule has 0 unspecified atom stereocenters. The van der Waals surface area contributed by atoms with Gasteiger partial charge >= 0.3 is 0 Å². The molecule has 2 heterocycles. The van der Waals surface area contributed by atoms with E-state index >= 15 is 0 Å². The molecule has 6 nitrogen and oxygen atoms in total. The topological polar surface area (TPSA) is 91.2 Å². The van der Waals surface area contributed by atoms with E-state index in [0.29, 0.717) is 35.0 Å². The number of carbonyl (C=O) groups excluding carboxylic acids is 1. The molecule has 3 rings (SSSR count). The number of benzene rings is 1. The summed E-state index contributed by atoms with van der Waals surface area (Å²) in [5, 5.41) is 11.2. The van der Waals surface area contributed by atoms with E-state index < -0.39 is 0 Å². The van der Waals surface area contributed by atoms with Crippen molar-refractivity contribution in [2.45, 2.75) is 27.2 Å². The van der Waals surface area contributed by atoms with Gasteiger partial charge in [0.15, 0.2) is 17.5 Å². The van der Waals surface area contributed by atoms with E-state index in [1.807, 2.05) is 0 Å². The summed E-state index contributed by atoms with van der Waals surface area (Å²) in [4.78, 5) is 27.5. The SMILES string of the molecule is CC(=O)c1ccc2[nH]c(O)c(C(CC(C)C)=Nc3cnccn3)c2c1. The number of nitrogens with zero attached hydrogens (tertiary/aromatic N) is 3. The van der Waals surface area contributed by atoms with E-state index in [2.05, 4.69) is 33.8 Å². The highest BCUT2D eigenvalue weighted by atomic mass is 16.3. The van der Waals surface area contributed by atoms with E-state index in [4.69, 9.17) is 0 Å². The van der Waals surface area contributed by atoms with Crippen molar-refractivity contribution < 1.29 is 9.90 Å². The highest BCUT2D eigenvalue weighted by Gasteiger charge is 2.19. The molecule has 0 bridgehead atoms. The molecule has 3 aromatic rings. The summed E-state index contributed by atoms with van der Waals surface area (Å²) in [6.45, 7) is 5.69. The van der Waals surface area contributed by atoms with Gasteiger partial charge in [-0.25, -0.2) is 9.98 Å². The van der Waals surface area contributed by atoms with Crippen LogP contribution in [0.5, 0.6) is 5.88 Å². The number of rotatable bonds is 5. The molecule has 0 fully saturated rings. The van der Waals surface area contributed by atoms with Crippen LogP contribution in [0.3, 0.4) is 0 Å². The Morgan fingerprint density at radius 3 is 2.76 bits per heavy atom. The molecule has 6 heteroatoms. The molecule has 0 aliphatic carbocycles. The fourth-order valence-corrected chi connectivity index (χ4v) is 2.77. The van der Waals surface area contributed by atoms with Gasteiger partial charge < -0.3 is 10.1 Å². The average molecular weight is 336 g/mol. The molecule has 0 atom stereocenters. The normalized spacial score (nSPS) is 12.1. The predicted octanol–water partition coefficient (Wildman–Crippen LogP) is 4.03. The summed E-state index contributed by atoms with van der Waals surface area (Å²) >= 11 is 0. The van der Waals surface area contributed by atoms with Crippen LogP contribution in [0.4, 0.5) is 5.82 Å². The van der Waals surface area contributed by atoms with Crippen molar-refractivity contribution in [3.8, 4) is 5.88 Å². The zero-order valence-electron chi connectivity index (χ0n) is 14.4. The van der Waals surface area contributed by atoms with Gasteiger partial charge in [-0.3, -0.25) is 9.78 Å². The van der Waals surface area contributed by atoms with Crippen LogP contribution in [-0.4, -0.2) is 31.6 Å². The summed E-state index contributed by atoms with van der Waals surface area (Å²) in [7, 11) is 0. The molecule has 0 spiro atoms. The van der Waals surface area contributed by atoms with Gasteiger partial charge in [0, 0.05) is 28.9 Å². The number of fused-ring (bicyclic) bond motifs is 1. The van der Waals surface area contributed by atoms with Crippen LogP contribution in [-0.2, 0) is 0 Å². The number of aromatic hydroxyl groups is 1. The molecule has 1 aromatic carbocycles. The van der Waals surface area contributed by atoms with Crippen molar-refractivity contribution in [1.29, 1.82) is 0 Å². The van der Waals surface area contributed by atoms with Gasteiger partial charge in [-0.1, -0.05) is 13.8 Å². The van der Waals surface area contributed by atoms with Crippen LogP contribution in [0.1, 0.15) is 43.1 Å². The molecule has 0 radical (unpaired) electrons. The number of Topliss-reactive ketones (excluding diaryl/α,β-unsaturated/α-hetero) is 1. The third kappa shape index (κ3) is 3.57. The third-order valence-corrected chi connectivity index (χ3v) is 3.87. The maximum Gasteiger partial charge on any atom is 0.198 e. The van der Waals surface area contributed by atoms with E-state index in [1.54, 1.807) is 36.8 Å². The fourth-order valence-electron chi connectivity index (χ4n) is 2.77. The standard InChI is InChI=1S/C19H20N4O2/c1-11(2)8-16(22-17-10-20-6-7-21-17)18-14-9-13(12(3)24)4-5-15(14)23-19(18)25/h4-7,9-11,23,25H,8H2,1-3H3. The van der Waals surface area contributed by atoms with E-state index in [9.17, 15) is 9.90 Å². The van der Waals surface area contributed by atoms with Crippen LogP contribution in [0, 0.1) is 5.92 Å². The maximum absolute atomic E-state index is 11.7. The minimum absolute atomic E-state index is 0.0233. The molecule has 0 saturated carbocycles. The number of aliphatic imine (C=N–C) groups is 1. The van der Waals surface area contributed by atoms with Gasteiger partial charge in [0.2, 0.25) is 0 Å². The Morgan fingerprint density at radius 1 is 1.32 bits per heavy atom. The highest BCUT2D eigenvalue weighted by Crippen LogP contribution is 2.31. The number of ketones is 1. The number of hydrogen-bond donors (Lipinski definition) is 2. The Kier molecular flexibility index (Phi) is 4.61. The first-order chi connectivity index (χ1) is 12.0. The Bertz CT molecular complexity index is 943. The third-order valence-electron chi connectivity index (χ3n) is 3.87. The van der Waals surface area contributed by atoms with Gasteiger partial charge in [0.05, 0.1) is 17.5 Å². The van der Waals surface area contributed by atoms with Crippen LogP contribution >= 0.6 is 0 Å². The van der Waals surface area contributed by atoms with Gasteiger partial charge in [-0.15, -0.1) is 0 Å². The maximum atomic E-state index is 11.7. The lowest BCUT2D eigenvalue weighted by atomic mass is 9.98. The first-order valence-electron chi connectivity index (χ1n) is 8.15. The minimum Gasteiger partial charge on any atom is -0.494 e. The van der Waals surface area contributed by atoms with E-state index in [1.165, 1.54) is 6.92 Å². The van der Waals surface area contributed by atoms with Gasteiger partial charge in [0.25, 0.3) is 0 Å². The molecule has 128 valence electrons. The summed E-state index contributed by atoms with van der Waals surface area (Å²) in [6, 6.07) is 5.33. The first kappa shape index (κ1) is 16.8. The number of hydrogen-bond acceptors (Lipinski definition) is 5. The van der Waals surface area contributed by atoms with Crippen molar-refractivity contribution in [3.05, 3.63) is 47.9 Å². The summed E-state index contributed by atoms with van der Waals surface area (Å²) in [6.07, 6.45) is 5.40. The molecule has 2 N–H and O–H groups in total. The van der Waals surface area contributed by atoms with Crippen molar-refractivity contribution >= 4 is 28.2 Å². The van der Waals surface area contributed by atoms with Gasteiger partial charge in [0.1, 0.15) is 0 Å². The number of nitrogens with one attached hydrogen (secondary N) is 1. The number of carbonyl (C=O) groups is 1. The molecule has 25 heavy (non-hydrogen) atoms. The Morgan fingerprint density at radius 2 is 2.12 bits per heavy atom. The first-order valence-corrected chi connectivity index (χ1v) is 8.15. The van der Waals surface area contributed by atoms with Crippen molar-refractivity contribution in [2.24, 2.45) is 10.9 Å². The number of aromatic amines is 1. The highest BCUT2D eigenvalue weighted by molar-refractivity contribution is 6.14. The lowest BCUT2D eigenvalue weighted by Gasteiger charge is -2.09. The van der Waals surface area contributed by atoms with Gasteiger partial charge in [-0.05, 0) is 37.5 Å². The van der Waals surface area contributed by atoms with E-state index in [0.717, 1.165) is 10.9 Å². The number of aromatic nitrogens is 3. The van der Waals surface area contributed by atoms with Gasteiger partial charge in [-0.2, -0.15) is 0 Å². The van der Waals surface area contributed by atoms with Crippen LogP contribution in [0.15, 0.2) is 41.8 Å². The second-order valence-corrected chi connectivity index (χ2v) is 6.39. The second kappa shape index (κ2) is 6.84. The molecule has 0 aliphatic rings. The Labute approximate surface area is 145 Å². The zero-order chi connectivity index (χ0) is 18.0. The van der Waals surface area contributed by atoms with Crippen LogP contribution < -0.4 is 0 Å². The lowest BCUT2D eigenvalue weighted by Crippen LogP contribution is -2.05. The lowest BCUT2D eigenvalue weighted by molar-refractivity contribution is 0.101. The van der Waals surface area contributed by atoms with Crippen molar-refractivity contribution in [2.75, 3.05) is 0 Å². The molecule has 2 aromatic heterocycles. The van der Waals surface area contributed by atoms with E-state index in [-0.39, 0.29) is 11.7 Å². The fraction of sp³-hybridized carbons (Fsp3) is 0.263. The monoisotopic (exact) mass is 336 g/mol. The molecular weight excluding hydrogens is 316 g/mol. The second-order valence-electron chi connectivity index (χ2n) is 6.39. The minimum atomic E-state index is -0.0233. The smallest absolute Gasteiger partial charge is 0.198 e. The Balaban J connectivity index is 2.21. The largest absolute Gasteiger partial charge is 0.494 e. The zero-order valence-corrected chi connectivity index (χ0v) is 14.4. The predicted molar refractivity (Wildman–Crippen MR) is 97.7 cm³/mol. The Hall–Kier alpha value is -3.02. The average Bonchev–Trinajstić information content (AvgIpc) is 2.89. The quantitative estimate of drug-likeness (QED) is 0.543. The summed E-state index contributed by atoms with van der Waals surface area (Å²) in [5.41, 5.74) is 2.67. The molecule has 0 aliphatic heterocycles. The molecular formula is C19H20N4O2. The van der Waals surface area contributed by atoms with Crippen LogP contribution in [0.25, 0.3) is 10.9 Å². The summed E-state index contributed by atoms with van der Waals surface area (Å²) in [5.74, 6) is 0.828. The van der Waals surface area contributed by atoms with Crippen molar-refractivity contribution in [3.63, 3.8) is 0 Å².